The van der Waals surface area contributed by atoms with E-state index in [0.717, 1.165) is 36.6 Å². The molecule has 196 valence electrons. The number of amidine groups is 1. The SMILES string of the molecule is COCC(=N)N[C@@H]1CCCC[C@@H]1Nc1nc(C(=O)NCCOC(C)C)nc2ccc(C)cc12.Cl.Cl. The molecule has 35 heavy (non-hydrogen) atoms. The minimum absolute atomic E-state index is 0. The molecule has 1 aliphatic carbocycles. The normalized spacial score (nSPS) is 17.3. The molecule has 1 aromatic carbocycles. The number of carbonyl (C=O) groups is 1. The lowest BCUT2D eigenvalue weighted by atomic mass is 9.90. The van der Waals surface area contributed by atoms with E-state index >= 15 is 0 Å². The van der Waals surface area contributed by atoms with Crippen molar-refractivity contribution in [3.05, 3.63) is 29.6 Å². The second-order valence-electron chi connectivity index (χ2n) is 8.79. The molecule has 1 aromatic heterocycles. The Kier molecular flexibility index (Phi) is 13.2. The lowest BCUT2D eigenvalue weighted by Gasteiger charge is -2.34. The zero-order chi connectivity index (χ0) is 23.8. The number of carbonyl (C=O) groups excluding carboxylic acids is 1. The zero-order valence-electron chi connectivity index (χ0n) is 20.8. The maximum Gasteiger partial charge on any atom is 0.289 e. The number of aryl methyl sites for hydroxylation is 1. The maximum absolute atomic E-state index is 12.8. The number of rotatable bonds is 10. The Hall–Kier alpha value is -2.20. The van der Waals surface area contributed by atoms with Crippen molar-refractivity contribution in [1.29, 1.82) is 5.41 Å². The summed E-state index contributed by atoms with van der Waals surface area (Å²) >= 11 is 0. The fourth-order valence-corrected chi connectivity index (χ4v) is 4.05. The molecule has 1 aliphatic rings. The first-order chi connectivity index (χ1) is 15.9. The van der Waals surface area contributed by atoms with Crippen molar-refractivity contribution in [3.63, 3.8) is 0 Å². The molecule has 0 saturated heterocycles. The van der Waals surface area contributed by atoms with Crippen molar-refractivity contribution in [2.75, 3.05) is 32.2 Å². The van der Waals surface area contributed by atoms with Crippen molar-refractivity contribution < 1.29 is 14.3 Å². The highest BCUT2D eigenvalue weighted by molar-refractivity contribution is 5.96. The van der Waals surface area contributed by atoms with Crippen molar-refractivity contribution in [1.82, 2.24) is 20.6 Å². The average molecular weight is 530 g/mol. The summed E-state index contributed by atoms with van der Waals surface area (Å²) in [4.78, 5) is 21.9. The molecule has 3 rings (SSSR count). The quantitative estimate of drug-likeness (QED) is 0.209. The van der Waals surface area contributed by atoms with Gasteiger partial charge in [0.15, 0.2) is 0 Å². The van der Waals surface area contributed by atoms with E-state index in [2.05, 4.69) is 25.9 Å². The number of halogens is 2. The lowest BCUT2D eigenvalue weighted by Crippen LogP contribution is -2.49. The third kappa shape index (κ3) is 9.07. The smallest absolute Gasteiger partial charge is 0.289 e. The fraction of sp³-hybridized carbons (Fsp3) is 0.583. The molecule has 9 nitrogen and oxygen atoms in total. The molecule has 1 fully saturated rings. The molecule has 0 spiro atoms. The van der Waals surface area contributed by atoms with Gasteiger partial charge >= 0.3 is 0 Å². The maximum atomic E-state index is 12.8. The first-order valence-electron chi connectivity index (χ1n) is 11.6. The molecule has 2 aromatic rings. The highest BCUT2D eigenvalue weighted by Gasteiger charge is 2.27. The van der Waals surface area contributed by atoms with E-state index in [1.807, 2.05) is 39.0 Å². The van der Waals surface area contributed by atoms with Gasteiger partial charge in [-0.25, -0.2) is 9.97 Å². The minimum Gasteiger partial charge on any atom is -0.377 e. The van der Waals surface area contributed by atoms with Gasteiger partial charge in [0.1, 0.15) is 18.3 Å². The van der Waals surface area contributed by atoms with E-state index < -0.39 is 0 Å². The van der Waals surface area contributed by atoms with Crippen LogP contribution in [0.5, 0.6) is 0 Å². The summed E-state index contributed by atoms with van der Waals surface area (Å²) in [5.74, 6) is 0.812. The summed E-state index contributed by atoms with van der Waals surface area (Å²) in [5, 5.41) is 18.7. The minimum atomic E-state index is -0.326. The fourth-order valence-electron chi connectivity index (χ4n) is 4.05. The van der Waals surface area contributed by atoms with Crippen LogP contribution in [-0.2, 0) is 9.47 Å². The standard InChI is InChI=1S/C24H36N6O3.2ClH/c1-15(2)33-12-11-26-24(31)23-28-18-10-9-16(3)13-17(18)22(30-23)29-20-8-6-5-7-19(20)27-21(25)14-32-4;;/h9-10,13,15,19-20H,5-8,11-12,14H2,1-4H3,(H2,25,27)(H,26,31)(H,28,29,30);2*1H/t19-,20+;;/m1../s1. The van der Waals surface area contributed by atoms with Crippen LogP contribution in [0.4, 0.5) is 5.82 Å². The van der Waals surface area contributed by atoms with Crippen molar-refractivity contribution in [3.8, 4) is 0 Å². The highest BCUT2D eigenvalue weighted by atomic mass is 35.5. The van der Waals surface area contributed by atoms with Crippen molar-refractivity contribution in [2.24, 2.45) is 0 Å². The molecular weight excluding hydrogens is 491 g/mol. The summed E-state index contributed by atoms with van der Waals surface area (Å²) in [6.07, 6.45) is 4.21. The molecule has 0 bridgehead atoms. The van der Waals surface area contributed by atoms with Crippen molar-refractivity contribution >= 4 is 53.3 Å². The predicted molar refractivity (Wildman–Crippen MR) is 145 cm³/mol. The summed E-state index contributed by atoms with van der Waals surface area (Å²) in [5.41, 5.74) is 1.81. The molecule has 11 heteroatoms. The van der Waals surface area contributed by atoms with Gasteiger partial charge in [-0.05, 0) is 45.7 Å². The lowest BCUT2D eigenvalue weighted by molar-refractivity contribution is 0.0743. The van der Waals surface area contributed by atoms with Gasteiger partial charge in [-0.2, -0.15) is 0 Å². The van der Waals surface area contributed by atoms with Crippen molar-refractivity contribution in [2.45, 2.75) is 64.6 Å². The Labute approximate surface area is 219 Å². The molecular formula is C24H38Cl2N6O3. The number of hydrogen-bond donors (Lipinski definition) is 4. The van der Waals surface area contributed by atoms with E-state index in [0.29, 0.717) is 30.3 Å². The number of anilines is 1. The van der Waals surface area contributed by atoms with Crippen LogP contribution in [0.15, 0.2) is 18.2 Å². The number of nitrogens with one attached hydrogen (secondary N) is 4. The third-order valence-electron chi connectivity index (χ3n) is 5.63. The van der Waals surface area contributed by atoms with Crippen LogP contribution in [0, 0.1) is 12.3 Å². The average Bonchev–Trinajstić information content (AvgIpc) is 2.78. The van der Waals surface area contributed by atoms with Gasteiger partial charge in [-0.3, -0.25) is 10.2 Å². The predicted octanol–water partition coefficient (Wildman–Crippen LogP) is 3.87. The van der Waals surface area contributed by atoms with Crippen LogP contribution < -0.4 is 16.0 Å². The monoisotopic (exact) mass is 528 g/mol. The topological polar surface area (TPSA) is 121 Å². The Bertz CT molecular complexity index is 976. The number of ether oxygens (including phenoxy) is 2. The number of benzene rings is 1. The molecule has 1 amide bonds. The molecule has 0 radical (unpaired) electrons. The Balaban J connectivity index is 0.00000306. The first kappa shape index (κ1) is 30.8. The summed E-state index contributed by atoms with van der Waals surface area (Å²) in [6.45, 7) is 7.02. The Morgan fingerprint density at radius 2 is 1.89 bits per heavy atom. The summed E-state index contributed by atoms with van der Waals surface area (Å²) in [6, 6.07) is 6.09. The van der Waals surface area contributed by atoms with E-state index in [9.17, 15) is 4.79 Å². The number of nitrogens with zero attached hydrogens (tertiary/aromatic N) is 2. The molecule has 1 heterocycles. The number of amides is 1. The second kappa shape index (κ2) is 15.0. The second-order valence-corrected chi connectivity index (χ2v) is 8.79. The van der Waals surface area contributed by atoms with Gasteiger partial charge in [0.05, 0.1) is 18.2 Å². The molecule has 4 N–H and O–H groups in total. The van der Waals surface area contributed by atoms with Crippen LogP contribution in [-0.4, -0.2) is 66.8 Å². The first-order valence-corrected chi connectivity index (χ1v) is 11.6. The summed E-state index contributed by atoms with van der Waals surface area (Å²) < 4.78 is 10.6. The van der Waals surface area contributed by atoms with E-state index in [-0.39, 0.29) is 61.3 Å². The third-order valence-corrected chi connectivity index (χ3v) is 5.63. The number of methoxy groups -OCH3 is 1. The summed E-state index contributed by atoms with van der Waals surface area (Å²) in [7, 11) is 1.59. The van der Waals surface area contributed by atoms with Gasteiger partial charge in [-0.15, -0.1) is 24.8 Å². The zero-order valence-corrected chi connectivity index (χ0v) is 22.5. The van der Waals surface area contributed by atoms with Crippen LogP contribution in [0.2, 0.25) is 0 Å². The van der Waals surface area contributed by atoms with E-state index in [1.54, 1.807) is 7.11 Å². The van der Waals surface area contributed by atoms with Gasteiger partial charge in [-0.1, -0.05) is 24.5 Å². The number of aromatic nitrogens is 2. The van der Waals surface area contributed by atoms with E-state index in [1.165, 1.54) is 0 Å². The Morgan fingerprint density at radius 1 is 1.17 bits per heavy atom. The highest BCUT2D eigenvalue weighted by Crippen LogP contribution is 2.27. The van der Waals surface area contributed by atoms with Gasteiger partial charge in [0.25, 0.3) is 5.91 Å². The molecule has 2 atom stereocenters. The number of hydrogen-bond acceptors (Lipinski definition) is 7. The molecule has 0 aliphatic heterocycles. The molecule has 0 unspecified atom stereocenters. The van der Waals surface area contributed by atoms with Gasteiger partial charge in [0, 0.05) is 31.1 Å². The van der Waals surface area contributed by atoms with Crippen LogP contribution in [0.3, 0.4) is 0 Å². The number of fused-ring (bicyclic) bond motifs is 1. The van der Waals surface area contributed by atoms with Crippen LogP contribution in [0.1, 0.15) is 55.7 Å². The van der Waals surface area contributed by atoms with E-state index in [4.69, 9.17) is 14.9 Å². The Morgan fingerprint density at radius 3 is 2.57 bits per heavy atom. The van der Waals surface area contributed by atoms with Gasteiger partial charge < -0.3 is 25.4 Å². The van der Waals surface area contributed by atoms with Crippen LogP contribution in [0.25, 0.3) is 10.9 Å². The van der Waals surface area contributed by atoms with Gasteiger partial charge in [0.2, 0.25) is 5.82 Å². The largest absolute Gasteiger partial charge is 0.377 e. The van der Waals surface area contributed by atoms with Crippen LogP contribution >= 0.6 is 24.8 Å². The molecule has 1 saturated carbocycles.